The van der Waals surface area contributed by atoms with Gasteiger partial charge in [-0.05, 0) is 23.6 Å². The Hall–Kier alpha value is -1.55. The zero-order valence-corrected chi connectivity index (χ0v) is 8.94. The summed E-state index contributed by atoms with van der Waals surface area (Å²) >= 11 is 0. The van der Waals surface area contributed by atoms with Crippen LogP contribution in [0.15, 0.2) is 18.2 Å². The van der Waals surface area contributed by atoms with Crippen LogP contribution in [0.5, 0.6) is 5.75 Å². The van der Waals surface area contributed by atoms with Gasteiger partial charge in [-0.2, -0.15) is 0 Å². The number of fused-ring (bicyclic) bond motifs is 1. The molecule has 0 aromatic heterocycles. The van der Waals surface area contributed by atoms with Crippen molar-refractivity contribution in [1.82, 2.24) is 0 Å². The van der Waals surface area contributed by atoms with Crippen LogP contribution in [0.3, 0.4) is 0 Å². The minimum Gasteiger partial charge on any atom is -0.493 e. The zero-order valence-electron chi connectivity index (χ0n) is 8.94. The van der Waals surface area contributed by atoms with Gasteiger partial charge in [-0.25, -0.2) is 4.79 Å². The van der Waals surface area contributed by atoms with Crippen LogP contribution in [0.25, 0.3) is 0 Å². The van der Waals surface area contributed by atoms with Gasteiger partial charge in [0, 0.05) is 6.42 Å². The third kappa shape index (κ3) is 2.73. The van der Waals surface area contributed by atoms with Gasteiger partial charge in [0.05, 0.1) is 13.2 Å². The smallest absolute Gasteiger partial charge is 0.329 e. The Morgan fingerprint density at radius 3 is 3.19 bits per heavy atom. The first-order chi connectivity index (χ1) is 7.75. The number of carboxylic acid groups (broad SMARTS) is 1. The lowest BCUT2D eigenvalue weighted by Gasteiger charge is -2.04. The summed E-state index contributed by atoms with van der Waals surface area (Å²) in [5, 5.41) is 8.40. The van der Waals surface area contributed by atoms with Crippen molar-refractivity contribution in [2.24, 2.45) is 0 Å². The first-order valence-electron chi connectivity index (χ1n) is 5.30. The molecule has 1 aromatic rings. The SMILES string of the molecule is O=C(O)COCCc1ccc2c(c1)CCO2. The van der Waals surface area contributed by atoms with Crippen molar-refractivity contribution in [3.63, 3.8) is 0 Å². The average molecular weight is 222 g/mol. The van der Waals surface area contributed by atoms with Gasteiger partial charge in [0.1, 0.15) is 12.4 Å². The van der Waals surface area contributed by atoms with Gasteiger partial charge in [0.15, 0.2) is 0 Å². The fourth-order valence-corrected chi connectivity index (χ4v) is 1.74. The Labute approximate surface area is 93.8 Å². The minimum absolute atomic E-state index is 0.228. The van der Waals surface area contributed by atoms with Gasteiger partial charge in [0.2, 0.25) is 0 Å². The first-order valence-corrected chi connectivity index (χ1v) is 5.30. The van der Waals surface area contributed by atoms with Crippen molar-refractivity contribution in [1.29, 1.82) is 0 Å². The number of hydrogen-bond donors (Lipinski definition) is 1. The van der Waals surface area contributed by atoms with E-state index < -0.39 is 5.97 Å². The van der Waals surface area contributed by atoms with Crippen LogP contribution in [-0.2, 0) is 22.4 Å². The van der Waals surface area contributed by atoms with Crippen molar-refractivity contribution in [2.75, 3.05) is 19.8 Å². The second-order valence-electron chi connectivity index (χ2n) is 3.74. The van der Waals surface area contributed by atoms with Gasteiger partial charge >= 0.3 is 5.97 Å². The highest BCUT2D eigenvalue weighted by Crippen LogP contribution is 2.25. The maximum absolute atomic E-state index is 10.2. The molecule has 1 aliphatic heterocycles. The number of carbonyl (C=O) groups is 1. The lowest BCUT2D eigenvalue weighted by molar-refractivity contribution is -0.142. The van der Waals surface area contributed by atoms with Crippen LogP contribution in [0.4, 0.5) is 0 Å². The molecule has 0 spiro atoms. The molecular weight excluding hydrogens is 208 g/mol. The molecule has 0 saturated heterocycles. The van der Waals surface area contributed by atoms with Crippen LogP contribution < -0.4 is 4.74 Å². The highest BCUT2D eigenvalue weighted by molar-refractivity contribution is 5.67. The standard InChI is InChI=1S/C12H14O4/c13-12(14)8-15-5-3-9-1-2-11-10(7-9)4-6-16-11/h1-2,7H,3-6,8H2,(H,13,14). The van der Waals surface area contributed by atoms with Crippen LogP contribution in [0, 0.1) is 0 Å². The first kappa shape index (κ1) is 11.0. The maximum atomic E-state index is 10.2. The molecule has 1 heterocycles. The monoisotopic (exact) mass is 222 g/mol. The quantitative estimate of drug-likeness (QED) is 0.762. The van der Waals surface area contributed by atoms with E-state index in [9.17, 15) is 4.79 Å². The molecule has 16 heavy (non-hydrogen) atoms. The average Bonchev–Trinajstić information content (AvgIpc) is 2.71. The van der Waals surface area contributed by atoms with E-state index in [0.29, 0.717) is 6.61 Å². The predicted octanol–water partition coefficient (Wildman–Crippen LogP) is 1.27. The van der Waals surface area contributed by atoms with Crippen molar-refractivity contribution < 1.29 is 19.4 Å². The molecule has 4 heteroatoms. The number of aliphatic carboxylic acids is 1. The van der Waals surface area contributed by atoms with Gasteiger partial charge in [-0.3, -0.25) is 0 Å². The maximum Gasteiger partial charge on any atom is 0.329 e. The van der Waals surface area contributed by atoms with E-state index in [0.717, 1.165) is 30.8 Å². The summed E-state index contributed by atoms with van der Waals surface area (Å²) in [6.07, 6.45) is 1.69. The molecule has 0 saturated carbocycles. The van der Waals surface area contributed by atoms with E-state index in [4.69, 9.17) is 14.6 Å². The van der Waals surface area contributed by atoms with E-state index >= 15 is 0 Å². The second-order valence-corrected chi connectivity index (χ2v) is 3.74. The van der Waals surface area contributed by atoms with Crippen molar-refractivity contribution in [2.45, 2.75) is 12.8 Å². The van der Waals surface area contributed by atoms with Crippen molar-refractivity contribution in [3.8, 4) is 5.75 Å². The van der Waals surface area contributed by atoms with Gasteiger partial charge in [-0.15, -0.1) is 0 Å². The van der Waals surface area contributed by atoms with E-state index in [1.165, 1.54) is 5.56 Å². The molecule has 0 unspecified atom stereocenters. The molecule has 0 fully saturated rings. The van der Waals surface area contributed by atoms with Gasteiger partial charge in [-0.1, -0.05) is 12.1 Å². The fraction of sp³-hybridized carbons (Fsp3) is 0.417. The Morgan fingerprint density at radius 2 is 2.38 bits per heavy atom. The van der Waals surface area contributed by atoms with E-state index in [1.54, 1.807) is 0 Å². The fourth-order valence-electron chi connectivity index (χ4n) is 1.74. The lowest BCUT2D eigenvalue weighted by atomic mass is 10.1. The van der Waals surface area contributed by atoms with Crippen LogP contribution >= 0.6 is 0 Å². The normalized spacial score (nSPS) is 13.2. The number of ether oxygens (including phenoxy) is 2. The minimum atomic E-state index is -0.928. The van der Waals surface area contributed by atoms with Crippen molar-refractivity contribution in [3.05, 3.63) is 29.3 Å². The molecule has 0 aliphatic carbocycles. The van der Waals surface area contributed by atoms with E-state index in [-0.39, 0.29) is 6.61 Å². The number of carboxylic acids is 1. The molecule has 0 amide bonds. The van der Waals surface area contributed by atoms with Gasteiger partial charge < -0.3 is 14.6 Å². The molecule has 0 atom stereocenters. The molecule has 1 aliphatic rings. The van der Waals surface area contributed by atoms with Crippen LogP contribution in [-0.4, -0.2) is 30.9 Å². The topological polar surface area (TPSA) is 55.8 Å². The van der Waals surface area contributed by atoms with Crippen LogP contribution in [0.2, 0.25) is 0 Å². The number of rotatable bonds is 5. The van der Waals surface area contributed by atoms with Crippen LogP contribution in [0.1, 0.15) is 11.1 Å². The number of benzene rings is 1. The molecule has 2 rings (SSSR count). The Bertz CT molecular complexity index is 387. The summed E-state index contributed by atoms with van der Waals surface area (Å²) in [7, 11) is 0. The number of hydrogen-bond acceptors (Lipinski definition) is 3. The van der Waals surface area contributed by atoms with E-state index in [1.807, 2.05) is 12.1 Å². The largest absolute Gasteiger partial charge is 0.493 e. The summed E-state index contributed by atoms with van der Waals surface area (Å²) in [6, 6.07) is 6.07. The summed E-state index contributed by atoms with van der Waals surface area (Å²) in [4.78, 5) is 10.2. The summed E-state index contributed by atoms with van der Waals surface area (Å²) in [5.41, 5.74) is 2.39. The molecule has 1 N–H and O–H groups in total. The predicted molar refractivity (Wildman–Crippen MR) is 57.8 cm³/mol. The highest BCUT2D eigenvalue weighted by Gasteiger charge is 2.11. The van der Waals surface area contributed by atoms with Crippen molar-refractivity contribution >= 4 is 5.97 Å². The zero-order chi connectivity index (χ0) is 11.4. The molecule has 4 nitrogen and oxygen atoms in total. The van der Waals surface area contributed by atoms with E-state index in [2.05, 4.69) is 6.07 Å². The summed E-state index contributed by atoms with van der Waals surface area (Å²) in [5.74, 6) is 0.0394. The third-order valence-electron chi connectivity index (χ3n) is 2.51. The molecule has 86 valence electrons. The molecular formula is C12H14O4. The summed E-state index contributed by atoms with van der Waals surface area (Å²) < 4.78 is 10.4. The second kappa shape index (κ2) is 4.99. The Balaban J connectivity index is 1.83. The molecule has 0 radical (unpaired) electrons. The Kier molecular flexibility index (Phi) is 3.41. The molecule has 0 bridgehead atoms. The summed E-state index contributed by atoms with van der Waals surface area (Å²) in [6.45, 7) is 0.967. The lowest BCUT2D eigenvalue weighted by Crippen LogP contribution is -2.09. The van der Waals surface area contributed by atoms with Gasteiger partial charge in [0.25, 0.3) is 0 Å². The molecule has 1 aromatic carbocycles. The third-order valence-corrected chi connectivity index (χ3v) is 2.51. The highest BCUT2D eigenvalue weighted by atomic mass is 16.5. The Morgan fingerprint density at radius 1 is 1.50 bits per heavy atom.